The van der Waals surface area contributed by atoms with Gasteiger partial charge < -0.3 is 14.7 Å². The van der Waals surface area contributed by atoms with Gasteiger partial charge in [0.05, 0.1) is 30.0 Å². The van der Waals surface area contributed by atoms with Crippen molar-refractivity contribution in [3.8, 4) is 28.5 Å². The number of imidazole rings is 1. The van der Waals surface area contributed by atoms with E-state index in [9.17, 15) is 4.39 Å². The van der Waals surface area contributed by atoms with Crippen LogP contribution in [0.5, 0.6) is 5.88 Å². The second kappa shape index (κ2) is 10.1. The van der Waals surface area contributed by atoms with Crippen molar-refractivity contribution in [3.63, 3.8) is 0 Å². The number of hydrogen-bond donors (Lipinski definition) is 1. The van der Waals surface area contributed by atoms with E-state index in [2.05, 4.69) is 19.9 Å². The van der Waals surface area contributed by atoms with E-state index in [4.69, 9.17) is 10.1 Å². The first kappa shape index (κ1) is 22.3. The van der Waals surface area contributed by atoms with Crippen LogP contribution in [-0.2, 0) is 6.42 Å². The SMILES string of the molecule is CCOc1ccc(CC(=N)CC(C)n2cnc(-c3ccc(F)cc3)c2-c2ccncn2)cn1. The number of nitrogens with zero attached hydrogens (tertiary/aromatic N) is 5. The fourth-order valence-corrected chi connectivity index (χ4v) is 3.72. The topological polar surface area (TPSA) is 89.6 Å². The molecule has 0 aliphatic rings. The zero-order chi connectivity index (χ0) is 23.2. The van der Waals surface area contributed by atoms with Crippen LogP contribution in [0.25, 0.3) is 22.6 Å². The number of rotatable bonds is 9. The fraction of sp³-hybridized carbons (Fsp3) is 0.240. The van der Waals surface area contributed by atoms with Crippen LogP contribution >= 0.6 is 0 Å². The predicted octanol–water partition coefficient (Wildman–Crippen LogP) is 5.15. The molecule has 8 heteroatoms. The number of pyridine rings is 1. The van der Waals surface area contributed by atoms with Gasteiger partial charge in [-0.15, -0.1) is 0 Å². The summed E-state index contributed by atoms with van der Waals surface area (Å²) in [5.74, 6) is 0.287. The highest BCUT2D eigenvalue weighted by molar-refractivity contribution is 5.84. The number of benzene rings is 1. The van der Waals surface area contributed by atoms with Gasteiger partial charge in [0.1, 0.15) is 12.1 Å². The lowest BCUT2D eigenvalue weighted by molar-refractivity contribution is 0.326. The van der Waals surface area contributed by atoms with Crippen molar-refractivity contribution < 1.29 is 9.13 Å². The van der Waals surface area contributed by atoms with Gasteiger partial charge in [0.2, 0.25) is 5.88 Å². The summed E-state index contributed by atoms with van der Waals surface area (Å²) in [5, 5.41) is 8.55. The monoisotopic (exact) mass is 444 g/mol. The van der Waals surface area contributed by atoms with Crippen LogP contribution in [0.1, 0.15) is 31.9 Å². The van der Waals surface area contributed by atoms with Crippen molar-refractivity contribution in [3.05, 3.63) is 78.9 Å². The Morgan fingerprint density at radius 2 is 1.91 bits per heavy atom. The highest BCUT2D eigenvalue weighted by atomic mass is 19.1. The third kappa shape index (κ3) is 5.28. The molecule has 1 aromatic carbocycles. The van der Waals surface area contributed by atoms with Crippen LogP contribution in [0.2, 0.25) is 0 Å². The number of aromatic nitrogens is 5. The summed E-state index contributed by atoms with van der Waals surface area (Å²) in [6, 6.07) is 11.8. The first-order valence-corrected chi connectivity index (χ1v) is 10.8. The van der Waals surface area contributed by atoms with Gasteiger partial charge in [-0.2, -0.15) is 0 Å². The molecule has 4 aromatic rings. The Morgan fingerprint density at radius 1 is 1.09 bits per heavy atom. The molecule has 0 aliphatic carbocycles. The number of ether oxygens (including phenoxy) is 1. The molecule has 0 aliphatic heterocycles. The number of nitrogens with one attached hydrogen (secondary N) is 1. The van der Waals surface area contributed by atoms with Crippen LogP contribution in [-0.4, -0.2) is 36.8 Å². The van der Waals surface area contributed by atoms with Crippen molar-refractivity contribution >= 4 is 5.71 Å². The van der Waals surface area contributed by atoms with E-state index < -0.39 is 0 Å². The molecule has 0 amide bonds. The molecular formula is C25H25FN6O. The largest absolute Gasteiger partial charge is 0.478 e. The van der Waals surface area contributed by atoms with Crippen molar-refractivity contribution in [1.29, 1.82) is 5.41 Å². The van der Waals surface area contributed by atoms with E-state index in [1.807, 2.05) is 36.6 Å². The van der Waals surface area contributed by atoms with Crippen molar-refractivity contribution in [2.75, 3.05) is 6.61 Å². The first-order valence-electron chi connectivity index (χ1n) is 10.8. The van der Waals surface area contributed by atoms with E-state index in [1.54, 1.807) is 30.9 Å². The molecule has 0 saturated carbocycles. The molecule has 0 bridgehead atoms. The highest BCUT2D eigenvalue weighted by Gasteiger charge is 2.20. The van der Waals surface area contributed by atoms with Crippen LogP contribution in [0.15, 0.2) is 67.5 Å². The summed E-state index contributed by atoms with van der Waals surface area (Å²) in [5.41, 5.74) is 4.58. The Kier molecular flexibility index (Phi) is 6.83. The smallest absolute Gasteiger partial charge is 0.213 e. The van der Waals surface area contributed by atoms with Crippen LogP contribution in [0.4, 0.5) is 4.39 Å². The molecule has 0 radical (unpaired) electrons. The lowest BCUT2D eigenvalue weighted by Crippen LogP contribution is -2.13. The molecule has 1 atom stereocenters. The summed E-state index contributed by atoms with van der Waals surface area (Å²) in [4.78, 5) is 17.3. The third-order valence-electron chi connectivity index (χ3n) is 5.26. The van der Waals surface area contributed by atoms with Crippen LogP contribution < -0.4 is 4.74 Å². The van der Waals surface area contributed by atoms with Crippen molar-refractivity contribution in [1.82, 2.24) is 24.5 Å². The quantitative estimate of drug-likeness (QED) is 0.361. The molecule has 3 heterocycles. The molecule has 3 aromatic heterocycles. The minimum Gasteiger partial charge on any atom is -0.478 e. The second-order valence-corrected chi connectivity index (χ2v) is 7.72. The van der Waals surface area contributed by atoms with E-state index >= 15 is 0 Å². The minimum absolute atomic E-state index is 0.0418. The molecule has 7 nitrogen and oxygen atoms in total. The van der Waals surface area contributed by atoms with Crippen LogP contribution in [0, 0.1) is 11.2 Å². The molecule has 4 rings (SSSR count). The average Bonchev–Trinajstić information content (AvgIpc) is 3.27. The van der Waals surface area contributed by atoms with Gasteiger partial charge in [-0.25, -0.2) is 24.3 Å². The minimum atomic E-state index is -0.299. The average molecular weight is 445 g/mol. The zero-order valence-electron chi connectivity index (χ0n) is 18.6. The predicted molar refractivity (Wildman–Crippen MR) is 125 cm³/mol. The Bertz CT molecular complexity index is 1210. The maximum absolute atomic E-state index is 13.5. The Morgan fingerprint density at radius 3 is 2.58 bits per heavy atom. The van der Waals surface area contributed by atoms with Crippen molar-refractivity contribution in [2.24, 2.45) is 0 Å². The van der Waals surface area contributed by atoms with E-state index in [-0.39, 0.29) is 11.9 Å². The Labute approximate surface area is 191 Å². The molecule has 168 valence electrons. The maximum atomic E-state index is 13.5. The van der Waals surface area contributed by atoms with Gasteiger partial charge in [-0.05, 0) is 49.7 Å². The summed E-state index contributed by atoms with van der Waals surface area (Å²) >= 11 is 0. The molecule has 33 heavy (non-hydrogen) atoms. The van der Waals surface area contributed by atoms with E-state index in [1.165, 1.54) is 18.5 Å². The van der Waals surface area contributed by atoms with Gasteiger partial charge in [-0.3, -0.25) is 0 Å². The molecule has 0 saturated heterocycles. The van der Waals surface area contributed by atoms with Crippen molar-refractivity contribution in [2.45, 2.75) is 32.7 Å². The molecule has 0 spiro atoms. The maximum Gasteiger partial charge on any atom is 0.213 e. The number of halogens is 1. The molecular weight excluding hydrogens is 419 g/mol. The summed E-state index contributed by atoms with van der Waals surface area (Å²) < 4.78 is 20.9. The standard InChI is InChI=1S/C25H25FN6O/c1-3-33-23-9-4-18(14-29-23)13-21(27)12-17(2)32-16-31-24(19-5-7-20(26)8-6-19)25(32)22-10-11-28-15-30-22/h4-11,14-17,27H,3,12-13H2,1-2H3. The Balaban J connectivity index is 1.57. The van der Waals surface area contributed by atoms with Gasteiger partial charge in [0.15, 0.2) is 0 Å². The van der Waals surface area contributed by atoms with Gasteiger partial charge in [0.25, 0.3) is 0 Å². The normalized spacial score (nSPS) is 11.8. The lowest BCUT2D eigenvalue weighted by atomic mass is 10.0. The number of hydrogen-bond acceptors (Lipinski definition) is 6. The molecule has 0 fully saturated rings. The summed E-state index contributed by atoms with van der Waals surface area (Å²) in [6.45, 7) is 4.53. The van der Waals surface area contributed by atoms with Gasteiger partial charge in [0, 0.05) is 48.6 Å². The van der Waals surface area contributed by atoms with Gasteiger partial charge in [-0.1, -0.05) is 6.07 Å². The lowest BCUT2D eigenvalue weighted by Gasteiger charge is -2.18. The van der Waals surface area contributed by atoms with E-state index in [0.717, 1.165) is 22.5 Å². The van der Waals surface area contributed by atoms with E-state index in [0.29, 0.717) is 36.7 Å². The second-order valence-electron chi connectivity index (χ2n) is 7.72. The fourth-order valence-electron chi connectivity index (χ4n) is 3.72. The molecule has 1 unspecified atom stereocenters. The summed E-state index contributed by atoms with van der Waals surface area (Å²) in [7, 11) is 0. The third-order valence-corrected chi connectivity index (χ3v) is 5.26. The highest BCUT2D eigenvalue weighted by Crippen LogP contribution is 2.33. The van der Waals surface area contributed by atoms with Crippen LogP contribution in [0.3, 0.4) is 0 Å². The summed E-state index contributed by atoms with van der Waals surface area (Å²) in [6.07, 6.45) is 7.72. The molecule has 1 N–H and O–H groups in total. The van der Waals surface area contributed by atoms with Gasteiger partial charge >= 0.3 is 0 Å². The Hall–Kier alpha value is -3.94. The first-order chi connectivity index (χ1) is 16.0. The zero-order valence-corrected chi connectivity index (χ0v) is 18.6.